The Morgan fingerprint density at radius 1 is 1.19 bits per heavy atom. The first-order chi connectivity index (χ1) is 9.96. The van der Waals surface area contributed by atoms with Gasteiger partial charge in [-0.05, 0) is 24.2 Å². The van der Waals surface area contributed by atoms with Crippen LogP contribution in [-0.4, -0.2) is 41.6 Å². The van der Waals surface area contributed by atoms with E-state index in [0.29, 0.717) is 12.0 Å². The molecule has 0 saturated carbocycles. The summed E-state index contributed by atoms with van der Waals surface area (Å²) in [5.41, 5.74) is 0.409. The molecule has 0 aromatic carbocycles. The number of rotatable bonds is 7. The van der Waals surface area contributed by atoms with Gasteiger partial charge in [-0.3, -0.25) is 4.79 Å². The van der Waals surface area contributed by atoms with Gasteiger partial charge >= 0.3 is 12.0 Å². The molecule has 1 unspecified atom stereocenters. The Morgan fingerprint density at radius 2 is 1.76 bits per heavy atom. The molecular weight excluding hydrogens is 268 g/mol. The van der Waals surface area contributed by atoms with Crippen LogP contribution in [-0.2, 0) is 4.79 Å². The summed E-state index contributed by atoms with van der Waals surface area (Å²) in [4.78, 5) is 24.8. The lowest BCUT2D eigenvalue weighted by Gasteiger charge is -2.41. The molecule has 21 heavy (non-hydrogen) atoms. The van der Waals surface area contributed by atoms with Crippen LogP contribution in [0.1, 0.15) is 59.3 Å². The molecule has 0 aliphatic carbocycles. The van der Waals surface area contributed by atoms with Gasteiger partial charge in [-0.25, -0.2) is 4.79 Å². The molecule has 1 atom stereocenters. The maximum Gasteiger partial charge on any atom is 0.317 e. The van der Waals surface area contributed by atoms with E-state index in [9.17, 15) is 9.59 Å². The quantitative estimate of drug-likeness (QED) is 0.758. The van der Waals surface area contributed by atoms with Crippen LogP contribution in [0, 0.1) is 11.3 Å². The van der Waals surface area contributed by atoms with Crippen LogP contribution in [0.3, 0.4) is 0 Å². The van der Waals surface area contributed by atoms with Crippen molar-refractivity contribution in [3.8, 4) is 0 Å². The highest BCUT2D eigenvalue weighted by Gasteiger charge is 2.32. The Labute approximate surface area is 128 Å². The molecular formula is C16H30N2O3. The first-order valence-electron chi connectivity index (χ1n) is 8.21. The number of urea groups is 1. The normalized spacial score (nSPS) is 19.1. The predicted molar refractivity (Wildman–Crippen MR) is 83.3 cm³/mol. The van der Waals surface area contributed by atoms with Crippen LogP contribution >= 0.6 is 0 Å². The molecule has 0 aromatic heterocycles. The van der Waals surface area contributed by atoms with Gasteiger partial charge in [-0.15, -0.1) is 0 Å². The highest BCUT2D eigenvalue weighted by atomic mass is 16.4. The number of hydrogen-bond donors (Lipinski definition) is 2. The van der Waals surface area contributed by atoms with Gasteiger partial charge in [0.05, 0.1) is 0 Å². The molecule has 2 N–H and O–H groups in total. The first kappa shape index (κ1) is 17.8. The second-order valence-corrected chi connectivity index (χ2v) is 6.25. The average Bonchev–Trinajstić information content (AvgIpc) is 2.50. The number of piperidine rings is 1. The summed E-state index contributed by atoms with van der Waals surface area (Å²) >= 11 is 0. The van der Waals surface area contributed by atoms with E-state index in [0.717, 1.165) is 32.4 Å². The fourth-order valence-electron chi connectivity index (χ4n) is 3.09. The number of amides is 2. The SMILES string of the molecule is CCC(CNC(=O)N1CCC(CC)(CC)CC1)CC(=O)O. The molecule has 122 valence electrons. The molecule has 5 heteroatoms. The maximum atomic E-state index is 12.2. The fourth-order valence-corrected chi connectivity index (χ4v) is 3.09. The van der Waals surface area contributed by atoms with E-state index in [2.05, 4.69) is 19.2 Å². The molecule has 1 rings (SSSR count). The molecule has 1 fully saturated rings. The zero-order valence-electron chi connectivity index (χ0n) is 13.7. The summed E-state index contributed by atoms with van der Waals surface area (Å²) in [7, 11) is 0. The van der Waals surface area contributed by atoms with Crippen molar-refractivity contribution in [1.82, 2.24) is 10.2 Å². The smallest absolute Gasteiger partial charge is 0.317 e. The van der Waals surface area contributed by atoms with Crippen molar-refractivity contribution in [3.05, 3.63) is 0 Å². The summed E-state index contributed by atoms with van der Waals surface area (Å²) in [6, 6.07) is -0.0420. The molecule has 1 heterocycles. The van der Waals surface area contributed by atoms with E-state index in [1.807, 2.05) is 11.8 Å². The van der Waals surface area contributed by atoms with Crippen LogP contribution in [0.2, 0.25) is 0 Å². The second kappa shape index (κ2) is 8.25. The van der Waals surface area contributed by atoms with E-state index in [4.69, 9.17) is 5.11 Å². The van der Waals surface area contributed by atoms with E-state index in [1.54, 1.807) is 0 Å². The minimum Gasteiger partial charge on any atom is -0.481 e. The Morgan fingerprint density at radius 3 is 2.19 bits per heavy atom. The number of carboxylic acids is 1. The number of carbonyl (C=O) groups excluding carboxylic acids is 1. The van der Waals surface area contributed by atoms with Gasteiger partial charge in [0, 0.05) is 26.1 Å². The van der Waals surface area contributed by atoms with Gasteiger partial charge in [0.1, 0.15) is 0 Å². The molecule has 5 nitrogen and oxygen atoms in total. The lowest BCUT2D eigenvalue weighted by molar-refractivity contribution is -0.138. The van der Waals surface area contributed by atoms with E-state index in [-0.39, 0.29) is 18.4 Å². The molecule has 1 saturated heterocycles. The van der Waals surface area contributed by atoms with Crippen LogP contribution < -0.4 is 5.32 Å². The number of hydrogen-bond acceptors (Lipinski definition) is 2. The lowest BCUT2D eigenvalue weighted by Crippen LogP contribution is -2.48. The number of aliphatic carboxylic acids is 1. The van der Waals surface area contributed by atoms with Crippen LogP contribution in [0.4, 0.5) is 4.79 Å². The molecule has 0 bridgehead atoms. The minimum absolute atomic E-state index is 0.0154. The van der Waals surface area contributed by atoms with Crippen molar-refractivity contribution in [2.45, 2.75) is 59.3 Å². The zero-order valence-corrected chi connectivity index (χ0v) is 13.7. The van der Waals surface area contributed by atoms with Crippen LogP contribution in [0.25, 0.3) is 0 Å². The third kappa shape index (κ3) is 5.21. The third-order valence-corrected chi connectivity index (χ3v) is 5.19. The van der Waals surface area contributed by atoms with Gasteiger partial charge in [0.2, 0.25) is 0 Å². The monoisotopic (exact) mass is 298 g/mol. The molecule has 2 amide bonds. The average molecular weight is 298 g/mol. The Hall–Kier alpha value is -1.26. The fraction of sp³-hybridized carbons (Fsp3) is 0.875. The lowest BCUT2D eigenvalue weighted by atomic mass is 9.74. The highest BCUT2D eigenvalue weighted by Crippen LogP contribution is 2.37. The van der Waals surface area contributed by atoms with E-state index >= 15 is 0 Å². The number of likely N-dealkylation sites (tertiary alicyclic amines) is 1. The molecule has 1 aliphatic rings. The summed E-state index contributed by atoms with van der Waals surface area (Å²) in [6.07, 6.45) is 5.37. The molecule has 0 spiro atoms. The van der Waals surface area contributed by atoms with Crippen molar-refractivity contribution >= 4 is 12.0 Å². The van der Waals surface area contributed by atoms with Gasteiger partial charge in [0.15, 0.2) is 0 Å². The topological polar surface area (TPSA) is 69.6 Å². The molecule has 0 radical (unpaired) electrons. The molecule has 0 aromatic rings. The standard InChI is InChI=1S/C16H30N2O3/c1-4-13(11-14(19)20)12-17-15(21)18-9-7-16(5-2,6-3)8-10-18/h13H,4-12H2,1-3H3,(H,17,21)(H,19,20). The first-order valence-corrected chi connectivity index (χ1v) is 8.21. The summed E-state index contributed by atoms with van der Waals surface area (Å²) < 4.78 is 0. The van der Waals surface area contributed by atoms with Crippen molar-refractivity contribution in [3.63, 3.8) is 0 Å². The Kier molecular flexibility index (Phi) is 6.99. The Bertz CT molecular complexity index is 343. The number of carboxylic acid groups (broad SMARTS) is 1. The van der Waals surface area contributed by atoms with Crippen molar-refractivity contribution in [1.29, 1.82) is 0 Å². The Balaban J connectivity index is 2.38. The van der Waals surface area contributed by atoms with Crippen LogP contribution in [0.15, 0.2) is 0 Å². The highest BCUT2D eigenvalue weighted by molar-refractivity contribution is 5.74. The van der Waals surface area contributed by atoms with E-state index in [1.165, 1.54) is 12.8 Å². The van der Waals surface area contributed by atoms with Gasteiger partial charge < -0.3 is 15.3 Å². The van der Waals surface area contributed by atoms with Crippen molar-refractivity contribution in [2.24, 2.45) is 11.3 Å². The second-order valence-electron chi connectivity index (χ2n) is 6.25. The number of nitrogens with zero attached hydrogens (tertiary/aromatic N) is 1. The maximum absolute atomic E-state index is 12.2. The molecule has 1 aliphatic heterocycles. The number of carbonyl (C=O) groups is 2. The summed E-state index contributed by atoms with van der Waals surface area (Å²) in [6.45, 7) is 8.49. The van der Waals surface area contributed by atoms with Gasteiger partial charge in [0.25, 0.3) is 0 Å². The summed E-state index contributed by atoms with van der Waals surface area (Å²) in [5.74, 6) is -0.786. The van der Waals surface area contributed by atoms with Gasteiger partial charge in [-0.2, -0.15) is 0 Å². The largest absolute Gasteiger partial charge is 0.481 e. The van der Waals surface area contributed by atoms with Crippen LogP contribution in [0.5, 0.6) is 0 Å². The van der Waals surface area contributed by atoms with Gasteiger partial charge in [-0.1, -0.05) is 40.0 Å². The number of nitrogens with one attached hydrogen (secondary N) is 1. The van der Waals surface area contributed by atoms with Crippen molar-refractivity contribution < 1.29 is 14.7 Å². The zero-order chi connectivity index (χ0) is 15.9. The third-order valence-electron chi connectivity index (χ3n) is 5.19. The summed E-state index contributed by atoms with van der Waals surface area (Å²) in [5, 5.41) is 11.7. The predicted octanol–water partition coefficient (Wildman–Crippen LogP) is 3.10. The minimum atomic E-state index is -0.801. The van der Waals surface area contributed by atoms with E-state index < -0.39 is 5.97 Å². The van der Waals surface area contributed by atoms with Crippen molar-refractivity contribution in [2.75, 3.05) is 19.6 Å².